The Morgan fingerprint density at radius 2 is 1.74 bits per heavy atom. The van der Waals surface area contributed by atoms with Crippen LogP contribution in [0.15, 0.2) is 54.6 Å². The maximum atomic E-state index is 11.6. The third-order valence-corrected chi connectivity index (χ3v) is 3.18. The second-order valence-electron chi connectivity index (χ2n) is 4.95. The van der Waals surface area contributed by atoms with Gasteiger partial charge in [0.25, 0.3) is 0 Å². The molecule has 2 N–H and O–H groups in total. The highest BCUT2D eigenvalue weighted by molar-refractivity contribution is 5.67. The zero-order valence-corrected chi connectivity index (χ0v) is 12.9. The van der Waals surface area contributed by atoms with Crippen molar-refractivity contribution >= 4 is 6.09 Å². The third-order valence-electron chi connectivity index (χ3n) is 3.18. The van der Waals surface area contributed by atoms with Gasteiger partial charge in [-0.2, -0.15) is 0 Å². The highest BCUT2D eigenvalue weighted by atomic mass is 16.5. The lowest BCUT2D eigenvalue weighted by Gasteiger charge is -2.08. The monoisotopic (exact) mass is 315 g/mol. The fraction of sp³-hybridized carbons (Fsp3) is 0.278. The van der Waals surface area contributed by atoms with Gasteiger partial charge in [0.1, 0.15) is 19.0 Å². The normalized spacial score (nSPS) is 10.1. The minimum absolute atomic E-state index is 0.00321. The molecule has 0 aromatic heterocycles. The second kappa shape index (κ2) is 9.48. The minimum atomic E-state index is -0.420. The Balaban J connectivity index is 1.65. The Morgan fingerprint density at radius 3 is 2.43 bits per heavy atom. The molecular formula is C18H21NO4. The van der Waals surface area contributed by atoms with Gasteiger partial charge in [0.15, 0.2) is 0 Å². The average Bonchev–Trinajstić information content (AvgIpc) is 2.60. The van der Waals surface area contributed by atoms with E-state index >= 15 is 0 Å². The number of alkyl carbamates (subject to hydrolysis) is 1. The van der Waals surface area contributed by atoms with Crippen LogP contribution in [0, 0.1) is 0 Å². The van der Waals surface area contributed by atoms with Crippen molar-refractivity contribution in [2.24, 2.45) is 0 Å². The summed E-state index contributed by atoms with van der Waals surface area (Å²) >= 11 is 0. The summed E-state index contributed by atoms with van der Waals surface area (Å²) in [6.07, 6.45) is 0.289. The predicted molar refractivity (Wildman–Crippen MR) is 87.4 cm³/mol. The number of benzene rings is 2. The van der Waals surface area contributed by atoms with Crippen LogP contribution in [0.25, 0.3) is 0 Å². The van der Waals surface area contributed by atoms with E-state index < -0.39 is 6.09 Å². The van der Waals surface area contributed by atoms with E-state index in [2.05, 4.69) is 5.32 Å². The highest BCUT2D eigenvalue weighted by Crippen LogP contribution is 2.12. The van der Waals surface area contributed by atoms with Gasteiger partial charge in [-0.3, -0.25) is 0 Å². The number of rotatable bonds is 8. The van der Waals surface area contributed by atoms with Crippen LogP contribution >= 0.6 is 0 Å². The van der Waals surface area contributed by atoms with Crippen LogP contribution in [0.4, 0.5) is 4.79 Å². The zero-order valence-electron chi connectivity index (χ0n) is 12.9. The van der Waals surface area contributed by atoms with Crippen LogP contribution < -0.4 is 10.1 Å². The number of nitrogens with one attached hydrogen (secondary N) is 1. The quantitative estimate of drug-likeness (QED) is 0.785. The fourth-order valence-electron chi connectivity index (χ4n) is 2.00. The van der Waals surface area contributed by atoms with Crippen LogP contribution in [0.2, 0.25) is 0 Å². The molecule has 2 rings (SSSR count). The van der Waals surface area contributed by atoms with Gasteiger partial charge in [0.2, 0.25) is 0 Å². The zero-order chi connectivity index (χ0) is 16.3. The largest absolute Gasteiger partial charge is 0.491 e. The Bertz CT molecular complexity index is 584. The first-order valence-electron chi connectivity index (χ1n) is 7.55. The van der Waals surface area contributed by atoms with Crippen molar-refractivity contribution in [2.45, 2.75) is 13.0 Å². The molecule has 0 aliphatic rings. The molecule has 122 valence electrons. The summed E-state index contributed by atoms with van der Waals surface area (Å²) in [7, 11) is 0. The molecule has 2 aromatic carbocycles. The number of aliphatic hydroxyl groups excluding tert-OH is 1. The first-order valence-corrected chi connectivity index (χ1v) is 7.55. The van der Waals surface area contributed by atoms with E-state index in [1.165, 1.54) is 0 Å². The lowest BCUT2D eigenvalue weighted by atomic mass is 10.1. The van der Waals surface area contributed by atoms with E-state index in [0.717, 1.165) is 16.9 Å². The number of carbonyl (C=O) groups is 1. The van der Waals surface area contributed by atoms with E-state index in [1.807, 2.05) is 54.6 Å². The number of carbonyl (C=O) groups excluding carboxylic acids is 1. The van der Waals surface area contributed by atoms with E-state index in [0.29, 0.717) is 13.0 Å². The van der Waals surface area contributed by atoms with Gasteiger partial charge >= 0.3 is 6.09 Å². The highest BCUT2D eigenvalue weighted by Gasteiger charge is 2.02. The van der Waals surface area contributed by atoms with Crippen molar-refractivity contribution < 1.29 is 19.4 Å². The number of ether oxygens (including phenoxy) is 2. The van der Waals surface area contributed by atoms with Gasteiger partial charge < -0.3 is 19.9 Å². The molecule has 1 amide bonds. The van der Waals surface area contributed by atoms with Gasteiger partial charge in [-0.1, -0.05) is 42.5 Å². The molecule has 5 nitrogen and oxygen atoms in total. The Hall–Kier alpha value is -2.53. The summed E-state index contributed by atoms with van der Waals surface area (Å²) < 4.78 is 10.4. The summed E-state index contributed by atoms with van der Waals surface area (Å²) in [5, 5.41) is 11.4. The summed E-state index contributed by atoms with van der Waals surface area (Å²) in [6.45, 7) is 1.05. The number of hydrogen-bond donors (Lipinski definition) is 2. The molecule has 0 spiro atoms. The molecule has 0 bridgehead atoms. The van der Waals surface area contributed by atoms with E-state index in [9.17, 15) is 4.79 Å². The van der Waals surface area contributed by atoms with Crippen molar-refractivity contribution in [3.63, 3.8) is 0 Å². The summed E-state index contributed by atoms with van der Waals surface area (Å²) in [4.78, 5) is 11.6. The molecule has 0 saturated carbocycles. The van der Waals surface area contributed by atoms with Crippen molar-refractivity contribution in [1.29, 1.82) is 0 Å². The van der Waals surface area contributed by atoms with Crippen LogP contribution in [-0.4, -0.2) is 31.0 Å². The molecule has 23 heavy (non-hydrogen) atoms. The Kier molecular flexibility index (Phi) is 6.94. The maximum absolute atomic E-state index is 11.6. The number of hydrogen-bond acceptors (Lipinski definition) is 4. The van der Waals surface area contributed by atoms with E-state index in [4.69, 9.17) is 14.6 Å². The van der Waals surface area contributed by atoms with Gasteiger partial charge in [-0.25, -0.2) is 4.79 Å². The smallest absolute Gasteiger partial charge is 0.407 e. The molecule has 0 unspecified atom stereocenters. The first-order chi connectivity index (χ1) is 11.3. The molecule has 0 aliphatic heterocycles. The summed E-state index contributed by atoms with van der Waals surface area (Å²) in [5.41, 5.74) is 2.05. The molecule has 2 aromatic rings. The fourth-order valence-corrected chi connectivity index (χ4v) is 2.00. The molecular weight excluding hydrogens is 294 g/mol. The molecule has 5 heteroatoms. The lowest BCUT2D eigenvalue weighted by Crippen LogP contribution is -2.26. The Labute approximate surface area is 135 Å². The van der Waals surface area contributed by atoms with Crippen molar-refractivity contribution in [2.75, 3.05) is 19.8 Å². The third kappa shape index (κ3) is 6.40. The number of aliphatic hydroxyl groups is 1. The topological polar surface area (TPSA) is 67.8 Å². The molecule has 0 fully saturated rings. The number of amides is 1. The standard InChI is InChI=1S/C18H21NO4/c20-12-13-22-17-8-6-15(7-9-17)10-11-19-18(21)23-14-16-4-2-1-3-5-16/h1-9,20H,10-14H2,(H,19,21). The SMILES string of the molecule is O=C(NCCc1ccc(OCCO)cc1)OCc1ccccc1. The van der Waals surface area contributed by atoms with Gasteiger partial charge in [0, 0.05) is 6.54 Å². The Morgan fingerprint density at radius 1 is 1.00 bits per heavy atom. The van der Waals surface area contributed by atoms with Crippen molar-refractivity contribution in [1.82, 2.24) is 5.32 Å². The first kappa shape index (κ1) is 16.8. The molecule has 0 heterocycles. The average molecular weight is 315 g/mol. The van der Waals surface area contributed by atoms with E-state index in [-0.39, 0.29) is 19.8 Å². The molecule has 0 saturated heterocycles. The van der Waals surface area contributed by atoms with E-state index in [1.54, 1.807) is 0 Å². The lowest BCUT2D eigenvalue weighted by molar-refractivity contribution is 0.140. The van der Waals surface area contributed by atoms with Crippen LogP contribution in [-0.2, 0) is 17.8 Å². The van der Waals surface area contributed by atoms with Crippen LogP contribution in [0.5, 0.6) is 5.75 Å². The molecule has 0 aliphatic carbocycles. The summed E-state index contributed by atoms with van der Waals surface area (Å²) in [5.74, 6) is 0.720. The van der Waals surface area contributed by atoms with Gasteiger partial charge in [-0.05, 0) is 29.7 Å². The maximum Gasteiger partial charge on any atom is 0.407 e. The molecule has 0 radical (unpaired) electrons. The van der Waals surface area contributed by atoms with Crippen LogP contribution in [0.3, 0.4) is 0 Å². The van der Waals surface area contributed by atoms with Crippen LogP contribution in [0.1, 0.15) is 11.1 Å². The predicted octanol–water partition coefficient (Wildman–Crippen LogP) is 2.53. The van der Waals surface area contributed by atoms with Gasteiger partial charge in [-0.15, -0.1) is 0 Å². The summed E-state index contributed by atoms with van der Waals surface area (Å²) in [6, 6.07) is 17.1. The van der Waals surface area contributed by atoms with Crippen molar-refractivity contribution in [3.8, 4) is 5.75 Å². The van der Waals surface area contributed by atoms with Crippen molar-refractivity contribution in [3.05, 3.63) is 65.7 Å². The minimum Gasteiger partial charge on any atom is -0.491 e. The molecule has 0 atom stereocenters. The second-order valence-corrected chi connectivity index (χ2v) is 4.95. The van der Waals surface area contributed by atoms with Gasteiger partial charge in [0.05, 0.1) is 6.61 Å².